The number of piperidine rings is 1. The molecule has 0 bridgehead atoms. The quantitative estimate of drug-likeness (QED) is 0.906. The normalized spacial score (nSPS) is 23.2. The number of benzene rings is 1. The Kier molecular flexibility index (Phi) is 4.85. The molecule has 1 aliphatic heterocycles. The Morgan fingerprint density at radius 3 is 2.38 bits per heavy atom. The van der Waals surface area contributed by atoms with Gasteiger partial charge in [-0.2, -0.15) is 5.26 Å². The first-order chi connectivity index (χ1) is 9.99. The largest absolute Gasteiger partial charge is 0.331 e. The highest BCUT2D eigenvalue weighted by Crippen LogP contribution is 2.21. The molecule has 0 radical (unpaired) electrons. The standard InChI is InChI=1S/C17H23N3O/c1-12-8-13(2)11-20(10-12)17(21)19-14(3)16-6-4-15(9-18)5-7-16/h4-7,12-14H,8,10-11H2,1-3H3,(H,19,21). The number of likely N-dealkylation sites (tertiary alicyclic amines) is 1. The molecule has 4 nitrogen and oxygen atoms in total. The molecule has 1 saturated heterocycles. The van der Waals surface area contributed by atoms with E-state index in [1.165, 1.54) is 6.42 Å². The average Bonchev–Trinajstić information content (AvgIpc) is 2.46. The summed E-state index contributed by atoms with van der Waals surface area (Å²) < 4.78 is 0. The maximum atomic E-state index is 12.4. The van der Waals surface area contributed by atoms with Crippen LogP contribution in [0.25, 0.3) is 0 Å². The van der Waals surface area contributed by atoms with Crippen LogP contribution in [0.1, 0.15) is 44.4 Å². The van der Waals surface area contributed by atoms with Gasteiger partial charge in [0, 0.05) is 13.1 Å². The second kappa shape index (κ2) is 6.62. The highest BCUT2D eigenvalue weighted by Gasteiger charge is 2.26. The van der Waals surface area contributed by atoms with E-state index in [0.29, 0.717) is 17.4 Å². The number of hydrogen-bond donors (Lipinski definition) is 1. The van der Waals surface area contributed by atoms with Gasteiger partial charge in [-0.25, -0.2) is 4.79 Å². The van der Waals surface area contributed by atoms with Gasteiger partial charge in [0.1, 0.15) is 0 Å². The first-order valence-corrected chi connectivity index (χ1v) is 7.55. The zero-order valence-electron chi connectivity index (χ0n) is 13.0. The molecular formula is C17H23N3O. The van der Waals surface area contributed by atoms with Gasteiger partial charge in [-0.15, -0.1) is 0 Å². The highest BCUT2D eigenvalue weighted by atomic mass is 16.2. The van der Waals surface area contributed by atoms with Crippen LogP contribution in [-0.4, -0.2) is 24.0 Å². The van der Waals surface area contributed by atoms with Crippen LogP contribution in [0.2, 0.25) is 0 Å². The molecule has 0 saturated carbocycles. The van der Waals surface area contributed by atoms with Crippen LogP contribution >= 0.6 is 0 Å². The number of nitriles is 1. The van der Waals surface area contributed by atoms with Gasteiger partial charge in [-0.1, -0.05) is 26.0 Å². The van der Waals surface area contributed by atoms with Crippen molar-refractivity contribution in [3.8, 4) is 6.07 Å². The van der Waals surface area contributed by atoms with Gasteiger partial charge in [-0.3, -0.25) is 0 Å². The van der Waals surface area contributed by atoms with Crippen molar-refractivity contribution in [2.45, 2.75) is 33.2 Å². The van der Waals surface area contributed by atoms with Gasteiger partial charge in [-0.05, 0) is 42.9 Å². The number of nitrogens with one attached hydrogen (secondary N) is 1. The van der Waals surface area contributed by atoms with Crippen LogP contribution < -0.4 is 5.32 Å². The Bertz CT molecular complexity index is 522. The van der Waals surface area contributed by atoms with Gasteiger partial charge < -0.3 is 10.2 Å². The Morgan fingerprint density at radius 1 is 1.29 bits per heavy atom. The van der Waals surface area contributed by atoms with Gasteiger partial charge in [0.05, 0.1) is 17.7 Å². The van der Waals surface area contributed by atoms with E-state index in [9.17, 15) is 4.79 Å². The average molecular weight is 285 g/mol. The van der Waals surface area contributed by atoms with E-state index in [1.807, 2.05) is 24.0 Å². The molecule has 1 heterocycles. The molecule has 112 valence electrons. The monoisotopic (exact) mass is 285 g/mol. The molecule has 21 heavy (non-hydrogen) atoms. The van der Waals surface area contributed by atoms with Gasteiger partial charge in [0.15, 0.2) is 0 Å². The van der Waals surface area contributed by atoms with E-state index >= 15 is 0 Å². The third kappa shape index (κ3) is 3.98. The molecule has 0 spiro atoms. The molecule has 1 aliphatic rings. The van der Waals surface area contributed by atoms with Crippen LogP contribution in [0.4, 0.5) is 4.79 Å². The lowest BCUT2D eigenvalue weighted by atomic mass is 9.92. The number of carbonyl (C=O) groups excluding carboxylic acids is 1. The summed E-state index contributed by atoms with van der Waals surface area (Å²) in [5.41, 5.74) is 1.65. The van der Waals surface area contributed by atoms with E-state index in [4.69, 9.17) is 5.26 Å². The smallest absolute Gasteiger partial charge is 0.317 e. The molecular weight excluding hydrogens is 262 g/mol. The Balaban J connectivity index is 1.96. The number of rotatable bonds is 2. The number of urea groups is 1. The first-order valence-electron chi connectivity index (χ1n) is 7.55. The Morgan fingerprint density at radius 2 is 1.86 bits per heavy atom. The third-order valence-electron chi connectivity index (χ3n) is 4.04. The SMILES string of the molecule is CC1CC(C)CN(C(=O)NC(C)c2ccc(C#N)cc2)C1. The van der Waals surface area contributed by atoms with E-state index in [0.717, 1.165) is 18.7 Å². The number of carbonyl (C=O) groups is 1. The predicted molar refractivity (Wildman–Crippen MR) is 82.6 cm³/mol. The molecule has 1 N–H and O–H groups in total. The summed E-state index contributed by atoms with van der Waals surface area (Å²) in [5, 5.41) is 11.9. The maximum absolute atomic E-state index is 12.4. The van der Waals surface area contributed by atoms with Gasteiger partial charge in [0.2, 0.25) is 0 Å². The van der Waals surface area contributed by atoms with Crippen molar-refractivity contribution >= 4 is 6.03 Å². The molecule has 2 rings (SSSR count). The third-order valence-corrected chi connectivity index (χ3v) is 4.04. The molecule has 1 aromatic carbocycles. The van der Waals surface area contributed by atoms with E-state index < -0.39 is 0 Å². The van der Waals surface area contributed by atoms with E-state index in [-0.39, 0.29) is 12.1 Å². The topological polar surface area (TPSA) is 56.1 Å². The minimum absolute atomic E-state index is 0.00487. The summed E-state index contributed by atoms with van der Waals surface area (Å²) in [7, 11) is 0. The number of hydrogen-bond acceptors (Lipinski definition) is 2. The van der Waals surface area contributed by atoms with Crippen molar-refractivity contribution in [2.75, 3.05) is 13.1 Å². The fraction of sp³-hybridized carbons (Fsp3) is 0.529. The zero-order chi connectivity index (χ0) is 15.4. The van der Waals surface area contributed by atoms with Gasteiger partial charge >= 0.3 is 6.03 Å². The summed E-state index contributed by atoms with van der Waals surface area (Å²) in [6.45, 7) is 8.02. The fourth-order valence-corrected chi connectivity index (χ4v) is 3.03. The summed E-state index contributed by atoms with van der Waals surface area (Å²) in [4.78, 5) is 14.3. The van der Waals surface area contributed by atoms with Crippen LogP contribution in [0.15, 0.2) is 24.3 Å². The highest BCUT2D eigenvalue weighted by molar-refractivity contribution is 5.74. The maximum Gasteiger partial charge on any atom is 0.317 e. The van der Waals surface area contributed by atoms with Crippen molar-refractivity contribution in [3.05, 3.63) is 35.4 Å². The van der Waals surface area contributed by atoms with Crippen LogP contribution in [0, 0.1) is 23.2 Å². The lowest BCUT2D eigenvalue weighted by Gasteiger charge is -2.35. The summed E-state index contributed by atoms with van der Waals surface area (Å²) >= 11 is 0. The van der Waals surface area contributed by atoms with Crippen LogP contribution in [0.3, 0.4) is 0 Å². The van der Waals surface area contributed by atoms with Crippen molar-refractivity contribution in [3.63, 3.8) is 0 Å². The van der Waals surface area contributed by atoms with E-state index in [1.54, 1.807) is 12.1 Å². The molecule has 3 atom stereocenters. The second-order valence-electron chi connectivity index (χ2n) is 6.26. The van der Waals surface area contributed by atoms with E-state index in [2.05, 4.69) is 25.2 Å². The minimum atomic E-state index is -0.0576. The molecule has 4 heteroatoms. The summed E-state index contributed by atoms with van der Waals surface area (Å²) in [6.07, 6.45) is 1.19. The van der Waals surface area contributed by atoms with Crippen molar-refractivity contribution < 1.29 is 4.79 Å². The lowest BCUT2D eigenvalue weighted by Crippen LogP contribution is -2.48. The predicted octanol–water partition coefficient (Wildman–Crippen LogP) is 3.31. The molecule has 2 amide bonds. The lowest BCUT2D eigenvalue weighted by molar-refractivity contribution is 0.144. The summed E-state index contributed by atoms with van der Waals surface area (Å²) in [5.74, 6) is 1.12. The molecule has 1 fully saturated rings. The molecule has 0 aliphatic carbocycles. The zero-order valence-corrected chi connectivity index (χ0v) is 13.0. The van der Waals surface area contributed by atoms with Crippen LogP contribution in [-0.2, 0) is 0 Å². The van der Waals surface area contributed by atoms with Crippen LogP contribution in [0.5, 0.6) is 0 Å². The summed E-state index contributed by atoms with van der Waals surface area (Å²) in [6, 6.07) is 9.40. The minimum Gasteiger partial charge on any atom is -0.331 e. The van der Waals surface area contributed by atoms with Crippen molar-refractivity contribution in [2.24, 2.45) is 11.8 Å². The van der Waals surface area contributed by atoms with Crippen molar-refractivity contribution in [1.29, 1.82) is 5.26 Å². The molecule has 0 aromatic heterocycles. The fourth-order valence-electron chi connectivity index (χ4n) is 3.03. The van der Waals surface area contributed by atoms with Crippen molar-refractivity contribution in [1.82, 2.24) is 10.2 Å². The Hall–Kier alpha value is -2.02. The number of nitrogens with zero attached hydrogens (tertiary/aromatic N) is 2. The Labute approximate surface area is 126 Å². The molecule has 3 unspecified atom stereocenters. The number of amides is 2. The van der Waals surface area contributed by atoms with Gasteiger partial charge in [0.25, 0.3) is 0 Å². The second-order valence-corrected chi connectivity index (χ2v) is 6.26. The molecule has 1 aromatic rings. The first kappa shape index (κ1) is 15.4.